The lowest BCUT2D eigenvalue weighted by atomic mass is 9.69. The van der Waals surface area contributed by atoms with Crippen molar-refractivity contribution in [2.75, 3.05) is 7.05 Å². The van der Waals surface area contributed by atoms with Gasteiger partial charge in [0.05, 0.1) is 0 Å². The molecule has 0 aliphatic heterocycles. The van der Waals surface area contributed by atoms with Crippen molar-refractivity contribution in [3.63, 3.8) is 0 Å². The molecule has 0 bridgehead atoms. The minimum atomic E-state index is 0.475. The maximum absolute atomic E-state index is 3.61. The molecule has 1 heteroatoms. The maximum Gasteiger partial charge on any atom is 0.0158 e. The van der Waals surface area contributed by atoms with Crippen LogP contribution in [0.15, 0.2) is 18.2 Å². The molecule has 0 amide bonds. The molecule has 1 aromatic carbocycles. The summed E-state index contributed by atoms with van der Waals surface area (Å²) in [5.74, 6) is 0. The lowest BCUT2D eigenvalue weighted by molar-refractivity contribution is 0.149. The zero-order valence-electron chi connectivity index (χ0n) is 13.1. The van der Waals surface area contributed by atoms with Gasteiger partial charge in [0, 0.05) is 6.04 Å². The van der Waals surface area contributed by atoms with Crippen LogP contribution in [0.5, 0.6) is 0 Å². The molecular weight excluding hydrogens is 230 g/mol. The predicted octanol–water partition coefficient (Wildman–Crippen LogP) is 4.40. The van der Waals surface area contributed by atoms with Gasteiger partial charge in [0.1, 0.15) is 0 Å². The second-order valence-corrected chi connectivity index (χ2v) is 6.69. The number of hydrogen-bond acceptors (Lipinski definition) is 1. The maximum atomic E-state index is 3.61. The molecule has 19 heavy (non-hydrogen) atoms. The summed E-state index contributed by atoms with van der Waals surface area (Å²) in [6.07, 6.45) is 8.16. The third kappa shape index (κ3) is 3.39. The molecule has 1 saturated carbocycles. The van der Waals surface area contributed by atoms with E-state index in [4.69, 9.17) is 0 Å². The third-order valence-corrected chi connectivity index (χ3v) is 5.11. The van der Waals surface area contributed by atoms with Gasteiger partial charge in [0.2, 0.25) is 0 Å². The number of aryl methyl sites for hydroxylation is 2. The van der Waals surface area contributed by atoms with Crippen LogP contribution >= 0.6 is 0 Å². The van der Waals surface area contributed by atoms with Crippen molar-refractivity contribution in [3.05, 3.63) is 34.9 Å². The fourth-order valence-corrected chi connectivity index (χ4v) is 3.64. The Morgan fingerprint density at radius 1 is 1.16 bits per heavy atom. The predicted molar refractivity (Wildman–Crippen MR) is 83.7 cm³/mol. The van der Waals surface area contributed by atoms with Crippen molar-refractivity contribution in [1.82, 2.24) is 5.32 Å². The highest BCUT2D eigenvalue weighted by molar-refractivity contribution is 5.31. The number of rotatable bonds is 4. The zero-order valence-corrected chi connectivity index (χ0v) is 13.1. The van der Waals surface area contributed by atoms with Crippen molar-refractivity contribution in [2.45, 2.75) is 65.3 Å². The van der Waals surface area contributed by atoms with Crippen LogP contribution in [0.3, 0.4) is 0 Å². The van der Waals surface area contributed by atoms with Crippen LogP contribution in [0.2, 0.25) is 0 Å². The lowest BCUT2D eigenvalue weighted by Gasteiger charge is -2.41. The van der Waals surface area contributed by atoms with E-state index in [9.17, 15) is 0 Å². The molecule has 1 aliphatic carbocycles. The highest BCUT2D eigenvalue weighted by Crippen LogP contribution is 2.40. The van der Waals surface area contributed by atoms with E-state index in [1.807, 2.05) is 0 Å². The highest BCUT2D eigenvalue weighted by Gasteiger charge is 2.34. The molecule has 0 radical (unpaired) electrons. The second kappa shape index (κ2) is 6.09. The van der Waals surface area contributed by atoms with Gasteiger partial charge in [-0.3, -0.25) is 0 Å². The average molecular weight is 259 g/mol. The molecule has 1 unspecified atom stereocenters. The summed E-state index contributed by atoms with van der Waals surface area (Å²) in [6, 6.07) is 7.45. The molecule has 1 nitrogen and oxygen atoms in total. The molecule has 1 atom stereocenters. The topological polar surface area (TPSA) is 12.0 Å². The van der Waals surface area contributed by atoms with Crippen LogP contribution in [0.25, 0.3) is 0 Å². The van der Waals surface area contributed by atoms with Crippen LogP contribution < -0.4 is 5.32 Å². The molecule has 106 valence electrons. The number of hydrogen-bond donors (Lipinski definition) is 1. The molecule has 0 spiro atoms. The van der Waals surface area contributed by atoms with Gasteiger partial charge in [-0.1, -0.05) is 49.9 Å². The van der Waals surface area contributed by atoms with E-state index in [1.165, 1.54) is 55.2 Å². The van der Waals surface area contributed by atoms with Crippen LogP contribution in [-0.2, 0) is 6.42 Å². The Balaban J connectivity index is 2.16. The normalized spacial score (nSPS) is 20.2. The first-order valence-corrected chi connectivity index (χ1v) is 7.78. The van der Waals surface area contributed by atoms with Gasteiger partial charge in [-0.25, -0.2) is 0 Å². The van der Waals surface area contributed by atoms with Crippen LogP contribution in [-0.4, -0.2) is 13.1 Å². The Labute approximate surface area is 118 Å². The summed E-state index contributed by atoms with van der Waals surface area (Å²) >= 11 is 0. The monoisotopic (exact) mass is 259 g/mol. The Bertz CT molecular complexity index is 416. The summed E-state index contributed by atoms with van der Waals surface area (Å²) in [5.41, 5.74) is 4.81. The van der Waals surface area contributed by atoms with Gasteiger partial charge in [0.15, 0.2) is 0 Å². The van der Waals surface area contributed by atoms with E-state index in [0.717, 1.165) is 0 Å². The molecule has 1 aliphatic rings. The van der Waals surface area contributed by atoms with Crippen LogP contribution in [0.4, 0.5) is 0 Å². The summed E-state index contributed by atoms with van der Waals surface area (Å²) < 4.78 is 0. The number of nitrogens with one attached hydrogen (secondary N) is 1. The number of benzene rings is 1. The molecule has 1 fully saturated rings. The average Bonchev–Trinajstić information content (AvgIpc) is 2.40. The van der Waals surface area contributed by atoms with Crippen molar-refractivity contribution in [1.29, 1.82) is 0 Å². The Morgan fingerprint density at radius 2 is 1.84 bits per heavy atom. The summed E-state index contributed by atoms with van der Waals surface area (Å²) in [6.45, 7) is 6.92. The molecule has 1 N–H and O–H groups in total. The van der Waals surface area contributed by atoms with Crippen molar-refractivity contribution in [2.24, 2.45) is 5.41 Å². The quantitative estimate of drug-likeness (QED) is 0.845. The summed E-state index contributed by atoms with van der Waals surface area (Å²) in [5, 5.41) is 3.61. The van der Waals surface area contributed by atoms with Gasteiger partial charge in [-0.2, -0.15) is 0 Å². The molecule has 0 heterocycles. The second-order valence-electron chi connectivity index (χ2n) is 6.69. The van der Waals surface area contributed by atoms with Crippen LogP contribution in [0, 0.1) is 19.3 Å². The summed E-state index contributed by atoms with van der Waals surface area (Å²) in [4.78, 5) is 0. The van der Waals surface area contributed by atoms with E-state index in [0.29, 0.717) is 11.5 Å². The fraction of sp³-hybridized carbons (Fsp3) is 0.667. The first-order chi connectivity index (χ1) is 9.05. The van der Waals surface area contributed by atoms with Gasteiger partial charge >= 0.3 is 0 Å². The van der Waals surface area contributed by atoms with E-state index >= 15 is 0 Å². The standard InChI is InChI=1S/C18H29N/c1-14-8-9-15(2)16(12-14)13-17(19-4)18(3)10-6-5-7-11-18/h8-9,12,17,19H,5-7,10-11,13H2,1-4H3. The summed E-state index contributed by atoms with van der Waals surface area (Å²) in [7, 11) is 2.13. The number of likely N-dealkylation sites (N-methyl/N-ethyl adjacent to an activating group) is 1. The first kappa shape index (κ1) is 14.6. The first-order valence-electron chi connectivity index (χ1n) is 7.78. The minimum Gasteiger partial charge on any atom is -0.316 e. The molecule has 0 aromatic heterocycles. The minimum absolute atomic E-state index is 0.475. The van der Waals surface area contributed by atoms with Crippen molar-refractivity contribution in [3.8, 4) is 0 Å². The largest absolute Gasteiger partial charge is 0.316 e. The van der Waals surface area contributed by atoms with Gasteiger partial charge < -0.3 is 5.32 Å². The van der Waals surface area contributed by atoms with Crippen LogP contribution in [0.1, 0.15) is 55.7 Å². The van der Waals surface area contributed by atoms with Crippen molar-refractivity contribution < 1.29 is 0 Å². The van der Waals surface area contributed by atoms with E-state index in [2.05, 4.69) is 51.3 Å². The van der Waals surface area contributed by atoms with E-state index in [-0.39, 0.29) is 0 Å². The Morgan fingerprint density at radius 3 is 2.47 bits per heavy atom. The Hall–Kier alpha value is -0.820. The molecule has 1 aromatic rings. The van der Waals surface area contributed by atoms with E-state index in [1.54, 1.807) is 0 Å². The Kier molecular flexibility index (Phi) is 4.67. The van der Waals surface area contributed by atoms with Gasteiger partial charge in [-0.05, 0) is 56.7 Å². The highest BCUT2D eigenvalue weighted by atomic mass is 14.9. The lowest BCUT2D eigenvalue weighted by Crippen LogP contribution is -2.44. The van der Waals surface area contributed by atoms with Gasteiger partial charge in [-0.15, -0.1) is 0 Å². The zero-order chi connectivity index (χ0) is 13.9. The third-order valence-electron chi connectivity index (χ3n) is 5.11. The smallest absolute Gasteiger partial charge is 0.0158 e. The molecular formula is C18H29N. The SMILES string of the molecule is CNC(Cc1cc(C)ccc1C)C1(C)CCCCC1. The van der Waals surface area contributed by atoms with E-state index < -0.39 is 0 Å². The van der Waals surface area contributed by atoms with Crippen molar-refractivity contribution >= 4 is 0 Å². The molecule has 2 rings (SSSR count). The van der Waals surface area contributed by atoms with Gasteiger partial charge in [0.25, 0.3) is 0 Å². The molecule has 0 saturated heterocycles. The fourth-order valence-electron chi connectivity index (χ4n) is 3.64.